The number of ether oxygens (including phenoxy) is 1. The highest BCUT2D eigenvalue weighted by Gasteiger charge is 2.27. The van der Waals surface area contributed by atoms with E-state index in [1.54, 1.807) is 19.1 Å². The first kappa shape index (κ1) is 24.2. The van der Waals surface area contributed by atoms with Crippen LogP contribution < -0.4 is 10.1 Å². The van der Waals surface area contributed by atoms with Crippen molar-refractivity contribution in [3.8, 4) is 5.75 Å². The molecule has 1 N–H and O–H groups in total. The van der Waals surface area contributed by atoms with Gasteiger partial charge in [-0.2, -0.15) is 4.31 Å². The summed E-state index contributed by atoms with van der Waals surface area (Å²) in [5, 5.41) is 2.66. The number of nitrogens with one attached hydrogen (secondary N) is 1. The maximum atomic E-state index is 13.2. The van der Waals surface area contributed by atoms with Crippen LogP contribution in [0.4, 0.5) is 5.69 Å². The van der Waals surface area contributed by atoms with E-state index in [2.05, 4.69) is 5.32 Å². The minimum Gasteiger partial charge on any atom is -0.484 e. The number of amides is 1. The van der Waals surface area contributed by atoms with E-state index in [4.69, 9.17) is 4.74 Å². The van der Waals surface area contributed by atoms with Crippen molar-refractivity contribution in [1.82, 2.24) is 4.31 Å². The number of sulfone groups is 1. The van der Waals surface area contributed by atoms with Crippen LogP contribution in [0.25, 0.3) is 0 Å². The molecule has 0 aromatic heterocycles. The van der Waals surface area contributed by atoms with Crippen LogP contribution in [0.1, 0.15) is 31.2 Å². The summed E-state index contributed by atoms with van der Waals surface area (Å²) >= 11 is 0. The number of sulfonamides is 1. The van der Waals surface area contributed by atoms with Crippen molar-refractivity contribution in [3.05, 3.63) is 48.0 Å². The third-order valence-electron chi connectivity index (χ3n) is 5.28. The molecule has 2 aromatic carbocycles. The van der Waals surface area contributed by atoms with Crippen molar-refractivity contribution in [3.63, 3.8) is 0 Å². The standard InChI is InChI=1S/C22H28N2O6S2/c1-17-7-8-18(15-21(17)32(28,29)24-13-5-3-4-6-14-24)23-22(25)16-30-19-9-11-20(12-10-19)31(2,26)27/h7-12,15H,3-6,13-14,16H2,1-2H3,(H,23,25). The first-order chi connectivity index (χ1) is 15.1. The van der Waals surface area contributed by atoms with E-state index in [0.29, 0.717) is 30.1 Å². The van der Waals surface area contributed by atoms with E-state index in [1.165, 1.54) is 34.6 Å². The molecule has 1 aliphatic heterocycles. The van der Waals surface area contributed by atoms with Gasteiger partial charge in [0.05, 0.1) is 9.79 Å². The van der Waals surface area contributed by atoms with Crippen molar-refractivity contribution in [2.45, 2.75) is 42.4 Å². The second-order valence-corrected chi connectivity index (χ2v) is 11.8. The first-order valence-electron chi connectivity index (χ1n) is 10.4. The molecule has 1 aliphatic rings. The molecule has 32 heavy (non-hydrogen) atoms. The summed E-state index contributed by atoms with van der Waals surface area (Å²) in [5.74, 6) is -0.111. The number of carbonyl (C=O) groups is 1. The minimum absolute atomic E-state index is 0.159. The van der Waals surface area contributed by atoms with E-state index < -0.39 is 25.8 Å². The number of hydrogen-bond donors (Lipinski definition) is 1. The van der Waals surface area contributed by atoms with Crippen LogP contribution in [0, 0.1) is 6.92 Å². The molecule has 3 rings (SSSR count). The highest BCUT2D eigenvalue weighted by molar-refractivity contribution is 7.90. The second-order valence-electron chi connectivity index (χ2n) is 7.88. The van der Waals surface area contributed by atoms with Gasteiger partial charge < -0.3 is 10.1 Å². The normalized spacial score (nSPS) is 15.7. The van der Waals surface area contributed by atoms with Gasteiger partial charge in [0.25, 0.3) is 5.91 Å². The van der Waals surface area contributed by atoms with Gasteiger partial charge >= 0.3 is 0 Å². The summed E-state index contributed by atoms with van der Waals surface area (Å²) in [6.07, 6.45) is 4.85. The highest BCUT2D eigenvalue weighted by Crippen LogP contribution is 2.26. The van der Waals surface area contributed by atoms with Gasteiger partial charge in [-0.05, 0) is 61.7 Å². The average Bonchev–Trinajstić information content (AvgIpc) is 3.03. The molecule has 0 aliphatic carbocycles. The van der Waals surface area contributed by atoms with Crippen molar-refractivity contribution < 1.29 is 26.4 Å². The van der Waals surface area contributed by atoms with Crippen LogP contribution in [0.2, 0.25) is 0 Å². The van der Waals surface area contributed by atoms with Gasteiger partial charge in [-0.15, -0.1) is 0 Å². The molecule has 0 saturated carbocycles. The summed E-state index contributed by atoms with van der Waals surface area (Å²) in [6.45, 7) is 2.44. The molecular formula is C22H28N2O6S2. The zero-order valence-electron chi connectivity index (χ0n) is 18.2. The summed E-state index contributed by atoms with van der Waals surface area (Å²) in [6, 6.07) is 10.6. The smallest absolute Gasteiger partial charge is 0.262 e. The van der Waals surface area contributed by atoms with Crippen molar-refractivity contribution in [1.29, 1.82) is 0 Å². The van der Waals surface area contributed by atoms with E-state index in [9.17, 15) is 21.6 Å². The third-order valence-corrected chi connectivity index (χ3v) is 8.45. The second kappa shape index (κ2) is 10.0. The fourth-order valence-corrected chi connectivity index (χ4v) is 5.90. The average molecular weight is 481 g/mol. The summed E-state index contributed by atoms with van der Waals surface area (Å²) in [4.78, 5) is 12.7. The molecule has 174 valence electrons. The Labute approximate surface area is 189 Å². The Hall–Kier alpha value is -2.43. The van der Waals surface area contributed by atoms with E-state index in [1.807, 2.05) is 0 Å². The van der Waals surface area contributed by atoms with Gasteiger partial charge in [0, 0.05) is 25.0 Å². The molecular weight excluding hydrogens is 452 g/mol. The Kier molecular flexibility index (Phi) is 7.58. The van der Waals surface area contributed by atoms with Crippen LogP contribution in [-0.4, -0.2) is 53.0 Å². The van der Waals surface area contributed by atoms with Crippen molar-refractivity contribution in [2.75, 3.05) is 31.3 Å². The Morgan fingerprint density at radius 3 is 2.19 bits per heavy atom. The van der Waals surface area contributed by atoms with Crippen molar-refractivity contribution >= 4 is 31.5 Å². The van der Waals surface area contributed by atoms with Crippen molar-refractivity contribution in [2.24, 2.45) is 0 Å². The Morgan fingerprint density at radius 1 is 0.969 bits per heavy atom. The maximum Gasteiger partial charge on any atom is 0.262 e. The number of carbonyl (C=O) groups excluding carboxylic acids is 1. The lowest BCUT2D eigenvalue weighted by Crippen LogP contribution is -2.32. The summed E-state index contributed by atoms with van der Waals surface area (Å²) in [7, 11) is -6.95. The lowest BCUT2D eigenvalue weighted by molar-refractivity contribution is -0.118. The number of hydrogen-bond acceptors (Lipinski definition) is 6. The number of rotatable bonds is 7. The third kappa shape index (κ3) is 6.08. The predicted molar refractivity (Wildman–Crippen MR) is 122 cm³/mol. The molecule has 1 fully saturated rings. The fourth-order valence-electron chi connectivity index (χ4n) is 3.51. The number of benzene rings is 2. The highest BCUT2D eigenvalue weighted by atomic mass is 32.2. The zero-order chi connectivity index (χ0) is 23.4. The first-order valence-corrected chi connectivity index (χ1v) is 13.7. The van der Waals surface area contributed by atoms with Crippen LogP contribution in [0.15, 0.2) is 52.3 Å². The topological polar surface area (TPSA) is 110 Å². The summed E-state index contributed by atoms with van der Waals surface area (Å²) < 4.78 is 56.2. The lowest BCUT2D eigenvalue weighted by Gasteiger charge is -2.21. The minimum atomic E-state index is -3.64. The number of aryl methyl sites for hydroxylation is 1. The zero-order valence-corrected chi connectivity index (χ0v) is 19.8. The van der Waals surface area contributed by atoms with Crippen LogP contribution in [-0.2, 0) is 24.7 Å². The van der Waals surface area contributed by atoms with Gasteiger partial charge in [-0.3, -0.25) is 4.79 Å². The monoisotopic (exact) mass is 480 g/mol. The van der Waals surface area contributed by atoms with E-state index >= 15 is 0 Å². The SMILES string of the molecule is Cc1ccc(NC(=O)COc2ccc(S(C)(=O)=O)cc2)cc1S(=O)(=O)N1CCCCCC1. The molecule has 0 unspecified atom stereocenters. The quantitative estimate of drug-likeness (QED) is 0.652. The molecule has 1 amide bonds. The summed E-state index contributed by atoms with van der Waals surface area (Å²) in [5.41, 5.74) is 0.986. The van der Waals surface area contributed by atoms with Gasteiger partial charge in [-0.25, -0.2) is 16.8 Å². The Morgan fingerprint density at radius 2 is 1.59 bits per heavy atom. The van der Waals surface area contributed by atoms with Gasteiger partial charge in [0.1, 0.15) is 5.75 Å². The predicted octanol–water partition coefficient (Wildman–Crippen LogP) is 2.98. The Balaban J connectivity index is 1.66. The maximum absolute atomic E-state index is 13.2. The largest absolute Gasteiger partial charge is 0.484 e. The van der Waals surface area contributed by atoms with Crippen LogP contribution in [0.3, 0.4) is 0 Å². The Bertz CT molecular complexity index is 1170. The molecule has 8 nitrogen and oxygen atoms in total. The van der Waals surface area contributed by atoms with Gasteiger partial charge in [0.15, 0.2) is 16.4 Å². The molecule has 1 heterocycles. The lowest BCUT2D eigenvalue weighted by atomic mass is 10.2. The molecule has 0 atom stereocenters. The number of anilines is 1. The van der Waals surface area contributed by atoms with E-state index in [-0.39, 0.29) is 16.4 Å². The molecule has 0 bridgehead atoms. The van der Waals surface area contributed by atoms with Gasteiger partial charge in [-0.1, -0.05) is 18.9 Å². The molecule has 0 radical (unpaired) electrons. The molecule has 1 saturated heterocycles. The van der Waals surface area contributed by atoms with Crippen LogP contribution in [0.5, 0.6) is 5.75 Å². The van der Waals surface area contributed by atoms with Crippen LogP contribution >= 0.6 is 0 Å². The van der Waals surface area contributed by atoms with E-state index in [0.717, 1.165) is 31.9 Å². The fraction of sp³-hybridized carbons (Fsp3) is 0.409. The molecule has 10 heteroatoms. The molecule has 2 aromatic rings. The number of nitrogens with zero attached hydrogens (tertiary/aromatic N) is 1. The molecule has 0 spiro atoms. The van der Waals surface area contributed by atoms with Gasteiger partial charge in [0.2, 0.25) is 10.0 Å².